The highest BCUT2D eigenvalue weighted by atomic mass is 35.5. The van der Waals surface area contributed by atoms with Gasteiger partial charge in [0.1, 0.15) is 16.3 Å². The number of halogens is 2. The lowest BCUT2D eigenvalue weighted by Gasteiger charge is -2.13. The Hall–Kier alpha value is -3.70. The number of methoxy groups -OCH3 is 1. The van der Waals surface area contributed by atoms with Crippen LogP contribution in [0.5, 0.6) is 11.5 Å². The van der Waals surface area contributed by atoms with Gasteiger partial charge in [-0.3, -0.25) is 9.35 Å². The molecule has 0 saturated carbocycles. The van der Waals surface area contributed by atoms with Crippen molar-refractivity contribution >= 4 is 67.1 Å². The second-order valence-electron chi connectivity index (χ2n) is 7.89. The first-order valence-electron chi connectivity index (χ1n) is 10.6. The molecule has 37 heavy (non-hydrogen) atoms. The summed E-state index contributed by atoms with van der Waals surface area (Å²) in [6.07, 6.45) is 0. The van der Waals surface area contributed by atoms with Crippen LogP contribution in [0.3, 0.4) is 0 Å². The minimum absolute atomic E-state index is 0.0240. The van der Waals surface area contributed by atoms with Gasteiger partial charge < -0.3 is 15.2 Å². The van der Waals surface area contributed by atoms with Crippen molar-refractivity contribution in [3.05, 3.63) is 81.8 Å². The number of azo groups is 1. The van der Waals surface area contributed by atoms with Crippen LogP contribution >= 0.6 is 23.2 Å². The van der Waals surface area contributed by atoms with Gasteiger partial charge in [0.25, 0.3) is 16.0 Å². The number of hydrogen-bond donors (Lipinski definition) is 3. The van der Waals surface area contributed by atoms with E-state index in [1.165, 1.54) is 25.3 Å². The van der Waals surface area contributed by atoms with Gasteiger partial charge in [-0.15, -0.1) is 5.11 Å². The van der Waals surface area contributed by atoms with Gasteiger partial charge in [0, 0.05) is 10.4 Å². The van der Waals surface area contributed by atoms with Gasteiger partial charge >= 0.3 is 0 Å². The molecular weight excluding hydrogens is 541 g/mol. The van der Waals surface area contributed by atoms with Gasteiger partial charge in [-0.1, -0.05) is 47.5 Å². The number of amides is 1. The van der Waals surface area contributed by atoms with Crippen LogP contribution in [0.1, 0.15) is 15.9 Å². The second-order valence-corrected chi connectivity index (χ2v) is 10.1. The number of phenols is 1. The number of anilines is 1. The number of aryl methyl sites for hydroxylation is 1. The fraction of sp³-hybridized carbons (Fsp3) is 0.0800. The van der Waals surface area contributed by atoms with E-state index in [2.05, 4.69) is 15.5 Å². The zero-order valence-corrected chi connectivity index (χ0v) is 21.7. The summed E-state index contributed by atoms with van der Waals surface area (Å²) in [6, 6.07) is 15.5. The van der Waals surface area contributed by atoms with E-state index < -0.39 is 26.7 Å². The summed E-state index contributed by atoms with van der Waals surface area (Å²) in [5.41, 5.74) is 0.724. The Morgan fingerprint density at radius 1 is 1.03 bits per heavy atom. The normalized spacial score (nSPS) is 11.7. The largest absolute Gasteiger partial charge is 0.505 e. The zero-order chi connectivity index (χ0) is 26.9. The molecule has 0 unspecified atom stereocenters. The number of phenolic OH excluding ortho intramolecular Hbond substituents is 1. The van der Waals surface area contributed by atoms with Crippen molar-refractivity contribution in [1.29, 1.82) is 0 Å². The standard InChI is InChI=1S/C25H19Cl2N3O6S/c1-13-9-18(27)22(37(33,34)35)12-19(13)29-30-23-16-6-4-3-5-14(16)10-17(24(23)31)25(32)28-20-11-15(26)7-8-21(20)36-2/h3-12,31H,1-2H3,(H,28,32)(H,33,34,35). The van der Waals surface area contributed by atoms with Crippen molar-refractivity contribution in [1.82, 2.24) is 0 Å². The molecule has 0 saturated heterocycles. The smallest absolute Gasteiger partial charge is 0.296 e. The summed E-state index contributed by atoms with van der Waals surface area (Å²) < 4.78 is 38.0. The van der Waals surface area contributed by atoms with Crippen LogP contribution in [0.15, 0.2) is 75.8 Å². The molecule has 4 rings (SSSR count). The highest BCUT2D eigenvalue weighted by Crippen LogP contribution is 2.41. The van der Waals surface area contributed by atoms with Crippen LogP contribution < -0.4 is 10.1 Å². The fourth-order valence-electron chi connectivity index (χ4n) is 3.61. The topological polar surface area (TPSA) is 138 Å². The van der Waals surface area contributed by atoms with Crippen molar-refractivity contribution in [2.45, 2.75) is 11.8 Å². The number of hydrogen-bond acceptors (Lipinski definition) is 7. The van der Waals surface area contributed by atoms with E-state index in [0.717, 1.165) is 6.07 Å². The van der Waals surface area contributed by atoms with Crippen LogP contribution in [0, 0.1) is 6.92 Å². The van der Waals surface area contributed by atoms with Crippen LogP contribution in [0.2, 0.25) is 10.0 Å². The van der Waals surface area contributed by atoms with Crippen LogP contribution in [0.25, 0.3) is 10.8 Å². The van der Waals surface area contributed by atoms with Gasteiger partial charge in [-0.2, -0.15) is 13.5 Å². The van der Waals surface area contributed by atoms with Gasteiger partial charge in [0.05, 0.1) is 29.1 Å². The molecule has 0 aromatic heterocycles. The Bertz CT molecular complexity index is 1690. The van der Waals surface area contributed by atoms with Crippen LogP contribution in [-0.2, 0) is 10.1 Å². The summed E-state index contributed by atoms with van der Waals surface area (Å²) in [5.74, 6) is -0.745. The molecule has 0 radical (unpaired) electrons. The number of carbonyl (C=O) groups is 1. The third kappa shape index (κ3) is 5.52. The maximum atomic E-state index is 13.2. The van der Waals surface area contributed by atoms with Crippen molar-refractivity contribution in [2.75, 3.05) is 12.4 Å². The number of carbonyl (C=O) groups excluding carboxylic acids is 1. The third-order valence-corrected chi connectivity index (χ3v) is 6.99. The number of benzene rings is 4. The lowest BCUT2D eigenvalue weighted by Crippen LogP contribution is -2.13. The first-order chi connectivity index (χ1) is 17.5. The number of fused-ring (bicyclic) bond motifs is 1. The quantitative estimate of drug-likeness (QED) is 0.170. The Kier molecular flexibility index (Phi) is 7.37. The molecule has 3 N–H and O–H groups in total. The summed E-state index contributed by atoms with van der Waals surface area (Å²) in [5, 5.41) is 23.2. The van der Waals surface area contributed by atoms with Crippen molar-refractivity contribution < 1.29 is 27.6 Å². The molecular formula is C25H19Cl2N3O6S. The molecule has 0 spiro atoms. The average molecular weight is 560 g/mol. The number of nitrogens with zero attached hydrogens (tertiary/aromatic N) is 2. The third-order valence-electron chi connectivity index (χ3n) is 5.44. The molecule has 0 atom stereocenters. The summed E-state index contributed by atoms with van der Waals surface area (Å²) >= 11 is 12.0. The Balaban J connectivity index is 1.82. The monoisotopic (exact) mass is 559 g/mol. The first-order valence-corrected chi connectivity index (χ1v) is 12.8. The van der Waals surface area contributed by atoms with Gasteiger partial charge in [0.15, 0.2) is 5.75 Å². The Morgan fingerprint density at radius 2 is 1.76 bits per heavy atom. The summed E-state index contributed by atoms with van der Waals surface area (Å²) in [6.45, 7) is 1.62. The van der Waals surface area contributed by atoms with E-state index in [-0.39, 0.29) is 22.0 Å². The summed E-state index contributed by atoms with van der Waals surface area (Å²) in [7, 11) is -3.17. The van der Waals surface area contributed by atoms with E-state index >= 15 is 0 Å². The van der Waals surface area contributed by atoms with Crippen LogP contribution in [-0.4, -0.2) is 31.1 Å². The van der Waals surface area contributed by atoms with E-state index in [4.69, 9.17) is 27.9 Å². The molecule has 0 bridgehead atoms. The highest BCUT2D eigenvalue weighted by molar-refractivity contribution is 7.86. The lowest BCUT2D eigenvalue weighted by atomic mass is 10.0. The van der Waals surface area contributed by atoms with Gasteiger partial charge in [-0.25, -0.2) is 0 Å². The molecule has 0 aliphatic heterocycles. The SMILES string of the molecule is COc1ccc(Cl)cc1NC(=O)c1cc2ccccc2c(N=Nc2cc(S(=O)(=O)O)c(Cl)cc2C)c1O. The first kappa shape index (κ1) is 26.4. The molecule has 4 aromatic carbocycles. The van der Waals surface area contributed by atoms with Gasteiger partial charge in [0.2, 0.25) is 0 Å². The molecule has 9 nitrogen and oxygen atoms in total. The van der Waals surface area contributed by atoms with E-state index in [1.807, 2.05) is 0 Å². The maximum Gasteiger partial charge on any atom is 0.296 e. The molecule has 12 heteroatoms. The second kappa shape index (κ2) is 10.3. The van der Waals surface area contributed by atoms with Crippen molar-refractivity contribution in [3.63, 3.8) is 0 Å². The Morgan fingerprint density at radius 3 is 2.46 bits per heavy atom. The molecule has 0 aliphatic rings. The van der Waals surface area contributed by atoms with Crippen LogP contribution in [0.4, 0.5) is 17.1 Å². The predicted octanol–water partition coefficient (Wildman–Crippen LogP) is 7.08. The highest BCUT2D eigenvalue weighted by Gasteiger charge is 2.21. The average Bonchev–Trinajstić information content (AvgIpc) is 2.83. The maximum absolute atomic E-state index is 13.2. The van der Waals surface area contributed by atoms with Crippen molar-refractivity contribution in [2.24, 2.45) is 10.2 Å². The molecule has 190 valence electrons. The summed E-state index contributed by atoms with van der Waals surface area (Å²) in [4.78, 5) is 12.6. The number of nitrogens with one attached hydrogen (secondary N) is 1. The molecule has 0 aliphatic carbocycles. The fourth-order valence-corrected chi connectivity index (χ4v) is 4.86. The van der Waals surface area contributed by atoms with Crippen molar-refractivity contribution in [3.8, 4) is 11.5 Å². The number of rotatable bonds is 6. The molecule has 1 amide bonds. The zero-order valence-electron chi connectivity index (χ0n) is 19.4. The number of aromatic hydroxyl groups is 1. The van der Waals surface area contributed by atoms with E-state index in [1.54, 1.807) is 43.3 Å². The minimum Gasteiger partial charge on any atom is -0.505 e. The van der Waals surface area contributed by atoms with Gasteiger partial charge in [-0.05, 0) is 54.3 Å². The van der Waals surface area contributed by atoms with E-state index in [9.17, 15) is 22.9 Å². The van der Waals surface area contributed by atoms with E-state index in [0.29, 0.717) is 32.8 Å². The lowest BCUT2D eigenvalue weighted by molar-refractivity contribution is 0.102. The molecule has 4 aromatic rings. The molecule has 0 fully saturated rings. The molecule has 0 heterocycles. The number of ether oxygens (including phenoxy) is 1. The minimum atomic E-state index is -4.61. The predicted molar refractivity (Wildman–Crippen MR) is 142 cm³/mol. The Labute approximate surface area is 222 Å².